The summed E-state index contributed by atoms with van der Waals surface area (Å²) in [4.78, 5) is 15.2. The number of aromatic amines is 1. The van der Waals surface area contributed by atoms with Crippen LogP contribution in [0.15, 0.2) is 48.8 Å². The number of anilines is 1. The van der Waals surface area contributed by atoms with E-state index in [1.807, 2.05) is 19.9 Å². The number of pyridine rings is 1. The summed E-state index contributed by atoms with van der Waals surface area (Å²) in [5, 5.41) is 9.39. The number of ether oxygens (including phenoxy) is 1. The van der Waals surface area contributed by atoms with E-state index in [4.69, 9.17) is 14.7 Å². The first-order valence-corrected chi connectivity index (χ1v) is 10.8. The summed E-state index contributed by atoms with van der Waals surface area (Å²) in [5.41, 5.74) is 7.03. The van der Waals surface area contributed by atoms with Gasteiger partial charge in [-0.05, 0) is 38.1 Å². The van der Waals surface area contributed by atoms with Gasteiger partial charge in [-0.3, -0.25) is 9.55 Å². The molecule has 160 valence electrons. The van der Waals surface area contributed by atoms with E-state index in [1.165, 1.54) is 0 Å². The molecular formula is C24H23N7O. The van der Waals surface area contributed by atoms with Gasteiger partial charge >= 0.3 is 0 Å². The molecule has 1 fully saturated rings. The Balaban J connectivity index is 1.67. The van der Waals surface area contributed by atoms with Gasteiger partial charge in [-0.2, -0.15) is 0 Å². The molecule has 0 spiro atoms. The van der Waals surface area contributed by atoms with E-state index >= 15 is 0 Å². The molecule has 0 amide bonds. The molecule has 0 bridgehead atoms. The maximum absolute atomic E-state index is 5.58. The fraction of sp³-hybridized carbons (Fsp3) is 0.250. The summed E-state index contributed by atoms with van der Waals surface area (Å²) in [6.07, 6.45) is 1.60. The largest absolute Gasteiger partial charge is 0.378 e. The minimum absolute atomic E-state index is 0.713. The van der Waals surface area contributed by atoms with Crippen molar-refractivity contribution in [3.05, 3.63) is 60.3 Å². The highest BCUT2D eigenvalue weighted by atomic mass is 16.5. The third kappa shape index (κ3) is 3.03. The van der Waals surface area contributed by atoms with Crippen molar-refractivity contribution in [2.45, 2.75) is 13.8 Å². The second-order valence-corrected chi connectivity index (χ2v) is 8.09. The van der Waals surface area contributed by atoms with Gasteiger partial charge in [-0.25, -0.2) is 4.98 Å². The quantitative estimate of drug-likeness (QED) is 0.473. The summed E-state index contributed by atoms with van der Waals surface area (Å²) >= 11 is 0. The molecule has 2 aromatic carbocycles. The molecule has 1 aliphatic heterocycles. The van der Waals surface area contributed by atoms with Crippen LogP contribution < -0.4 is 4.90 Å². The summed E-state index contributed by atoms with van der Waals surface area (Å²) in [6, 6.07) is 14.8. The average molecular weight is 425 g/mol. The van der Waals surface area contributed by atoms with Crippen molar-refractivity contribution in [2.75, 3.05) is 31.2 Å². The number of aromatic nitrogens is 6. The normalized spacial score (nSPS) is 14.5. The van der Waals surface area contributed by atoms with Crippen LogP contribution in [0.5, 0.6) is 0 Å². The highest BCUT2D eigenvalue weighted by Crippen LogP contribution is 2.35. The van der Waals surface area contributed by atoms with Crippen LogP contribution in [-0.2, 0) is 4.74 Å². The molecular weight excluding hydrogens is 402 g/mol. The Hall–Kier alpha value is -3.78. The van der Waals surface area contributed by atoms with Gasteiger partial charge in [0.1, 0.15) is 17.7 Å². The highest BCUT2D eigenvalue weighted by molar-refractivity contribution is 5.97. The number of fused-ring (bicyclic) bond motifs is 2. The van der Waals surface area contributed by atoms with E-state index in [2.05, 4.69) is 61.0 Å². The summed E-state index contributed by atoms with van der Waals surface area (Å²) < 4.78 is 7.81. The fourth-order valence-corrected chi connectivity index (χ4v) is 4.57. The lowest BCUT2D eigenvalue weighted by Crippen LogP contribution is -2.36. The Morgan fingerprint density at radius 2 is 1.84 bits per heavy atom. The lowest BCUT2D eigenvalue weighted by atomic mass is 10.1. The van der Waals surface area contributed by atoms with Crippen molar-refractivity contribution in [3.8, 4) is 17.1 Å². The molecule has 1 aliphatic rings. The second-order valence-electron chi connectivity index (χ2n) is 8.09. The zero-order valence-electron chi connectivity index (χ0n) is 18.0. The zero-order chi connectivity index (χ0) is 21.7. The van der Waals surface area contributed by atoms with Gasteiger partial charge in [0.25, 0.3) is 0 Å². The predicted molar refractivity (Wildman–Crippen MR) is 124 cm³/mol. The molecule has 8 nitrogen and oxygen atoms in total. The van der Waals surface area contributed by atoms with Gasteiger partial charge < -0.3 is 14.6 Å². The Bertz CT molecular complexity index is 1430. The smallest absolute Gasteiger partial charge is 0.163 e. The molecule has 32 heavy (non-hydrogen) atoms. The topological polar surface area (TPSA) is 84.8 Å². The van der Waals surface area contributed by atoms with Crippen LogP contribution in [0.3, 0.4) is 0 Å². The second kappa shape index (κ2) is 7.42. The standard InChI is InChI=1S/C24H23N7O/c1-15-11-21(18-5-3-4-6-20(18)27-15)31-16(2)28-23-19(24-25-14-26-29-24)12-17(13-22(23)31)30-7-9-32-10-8-30/h3-6,11-14H,7-10H2,1-2H3,(H,25,26,29). The molecule has 3 aromatic heterocycles. The zero-order valence-corrected chi connectivity index (χ0v) is 18.0. The number of H-pyrrole nitrogens is 1. The number of hydrogen-bond donors (Lipinski definition) is 1. The summed E-state index contributed by atoms with van der Waals surface area (Å²) in [6.45, 7) is 7.23. The van der Waals surface area contributed by atoms with Crippen molar-refractivity contribution in [2.24, 2.45) is 0 Å². The Morgan fingerprint density at radius 3 is 2.66 bits per heavy atom. The molecule has 1 saturated heterocycles. The van der Waals surface area contributed by atoms with Gasteiger partial charge in [0, 0.05) is 35.4 Å². The third-order valence-electron chi connectivity index (χ3n) is 6.02. The van der Waals surface area contributed by atoms with Gasteiger partial charge in [0.05, 0.1) is 29.9 Å². The number of para-hydroxylation sites is 1. The molecule has 0 radical (unpaired) electrons. The maximum Gasteiger partial charge on any atom is 0.163 e. The first-order valence-electron chi connectivity index (χ1n) is 10.8. The van der Waals surface area contributed by atoms with Crippen LogP contribution in [0.4, 0.5) is 5.69 Å². The molecule has 6 rings (SSSR count). The highest BCUT2D eigenvalue weighted by Gasteiger charge is 2.21. The molecule has 5 aromatic rings. The molecule has 0 aliphatic carbocycles. The van der Waals surface area contributed by atoms with Crippen LogP contribution in [0.1, 0.15) is 11.5 Å². The Labute approximate surface area is 184 Å². The van der Waals surface area contributed by atoms with Gasteiger partial charge in [-0.1, -0.05) is 18.2 Å². The van der Waals surface area contributed by atoms with E-state index in [0.717, 1.165) is 76.7 Å². The van der Waals surface area contributed by atoms with Gasteiger partial charge in [0.2, 0.25) is 0 Å². The van der Waals surface area contributed by atoms with Crippen molar-refractivity contribution < 1.29 is 4.74 Å². The minimum atomic E-state index is 0.713. The number of morpholine rings is 1. The molecule has 8 heteroatoms. The maximum atomic E-state index is 5.58. The van der Waals surface area contributed by atoms with Crippen LogP contribution in [0.2, 0.25) is 0 Å². The Morgan fingerprint density at radius 1 is 1.00 bits per heavy atom. The monoisotopic (exact) mass is 425 g/mol. The first-order chi connectivity index (χ1) is 15.7. The van der Waals surface area contributed by atoms with Crippen molar-refractivity contribution >= 4 is 27.6 Å². The van der Waals surface area contributed by atoms with Crippen molar-refractivity contribution in [1.29, 1.82) is 0 Å². The number of benzene rings is 2. The number of imidazole rings is 1. The SMILES string of the molecule is Cc1cc(-n2c(C)nc3c(-c4nnc[nH]4)cc(N4CCOCC4)cc32)c2ccccc2n1. The molecule has 4 heterocycles. The van der Waals surface area contributed by atoms with Crippen LogP contribution >= 0.6 is 0 Å². The average Bonchev–Trinajstić information content (AvgIpc) is 3.46. The number of hydrogen-bond acceptors (Lipinski definition) is 6. The Kier molecular flexibility index (Phi) is 4.39. The molecule has 0 unspecified atom stereocenters. The summed E-state index contributed by atoms with van der Waals surface area (Å²) in [7, 11) is 0. The number of nitrogens with zero attached hydrogens (tertiary/aromatic N) is 6. The van der Waals surface area contributed by atoms with Crippen molar-refractivity contribution in [1.82, 2.24) is 29.7 Å². The van der Waals surface area contributed by atoms with Crippen LogP contribution in [0, 0.1) is 13.8 Å². The van der Waals surface area contributed by atoms with E-state index < -0.39 is 0 Å². The predicted octanol–water partition coefficient (Wildman–Crippen LogP) is 3.81. The number of nitrogens with one attached hydrogen (secondary N) is 1. The van der Waals surface area contributed by atoms with Crippen LogP contribution in [0.25, 0.3) is 39.0 Å². The molecule has 1 N–H and O–H groups in total. The van der Waals surface area contributed by atoms with Gasteiger partial charge in [0.15, 0.2) is 5.82 Å². The lowest BCUT2D eigenvalue weighted by molar-refractivity contribution is 0.122. The van der Waals surface area contributed by atoms with Crippen LogP contribution in [-0.4, -0.2) is 56.0 Å². The number of aryl methyl sites for hydroxylation is 2. The van der Waals surface area contributed by atoms with E-state index in [9.17, 15) is 0 Å². The third-order valence-corrected chi connectivity index (χ3v) is 6.02. The minimum Gasteiger partial charge on any atom is -0.378 e. The number of rotatable bonds is 3. The van der Waals surface area contributed by atoms with E-state index in [1.54, 1.807) is 6.33 Å². The van der Waals surface area contributed by atoms with Gasteiger partial charge in [-0.15, -0.1) is 10.2 Å². The van der Waals surface area contributed by atoms with E-state index in [0.29, 0.717) is 5.82 Å². The first kappa shape index (κ1) is 18.9. The molecule has 0 atom stereocenters. The van der Waals surface area contributed by atoms with E-state index in [-0.39, 0.29) is 0 Å². The molecule has 0 saturated carbocycles. The van der Waals surface area contributed by atoms with Crippen molar-refractivity contribution in [3.63, 3.8) is 0 Å². The fourth-order valence-electron chi connectivity index (χ4n) is 4.57. The lowest BCUT2D eigenvalue weighted by Gasteiger charge is -2.29. The summed E-state index contributed by atoms with van der Waals surface area (Å²) in [5.74, 6) is 1.63.